The number of carbonyl (C=O) groups excluding carboxylic acids is 1. The van der Waals surface area contributed by atoms with Crippen LogP contribution in [-0.2, 0) is 4.79 Å². The van der Waals surface area contributed by atoms with Crippen LogP contribution in [0.15, 0.2) is 11.6 Å². The van der Waals surface area contributed by atoms with Gasteiger partial charge < -0.3 is 4.79 Å². The van der Waals surface area contributed by atoms with Crippen molar-refractivity contribution in [2.24, 2.45) is 17.3 Å². The van der Waals surface area contributed by atoms with Crippen molar-refractivity contribution in [2.45, 2.75) is 47.0 Å². The fourth-order valence-corrected chi connectivity index (χ4v) is 2.63. The number of aldehydes is 1. The van der Waals surface area contributed by atoms with Gasteiger partial charge in [-0.2, -0.15) is 0 Å². The number of carbonyl (C=O) groups is 1. The van der Waals surface area contributed by atoms with E-state index in [-0.39, 0.29) is 0 Å². The predicted molar refractivity (Wildman–Crippen MR) is 60.1 cm³/mol. The van der Waals surface area contributed by atoms with Crippen LogP contribution in [0, 0.1) is 17.3 Å². The van der Waals surface area contributed by atoms with Gasteiger partial charge in [0.1, 0.15) is 6.29 Å². The van der Waals surface area contributed by atoms with Crippen LogP contribution >= 0.6 is 0 Å². The standard InChI is InChI=1S/C13H22O/c1-10(6-5-9-14)12-8-7-11(2)13(12,3)4/h7,9-10,12H,5-6,8H2,1-4H3/t10?,12-/m1/s1. The summed E-state index contributed by atoms with van der Waals surface area (Å²) in [6, 6.07) is 0. The van der Waals surface area contributed by atoms with Crippen LogP contribution in [0.5, 0.6) is 0 Å². The van der Waals surface area contributed by atoms with Gasteiger partial charge in [0.25, 0.3) is 0 Å². The second-order valence-electron chi connectivity index (χ2n) is 5.17. The minimum atomic E-state index is 0.336. The van der Waals surface area contributed by atoms with E-state index in [9.17, 15) is 4.79 Å². The molecule has 0 saturated heterocycles. The second-order valence-corrected chi connectivity index (χ2v) is 5.17. The smallest absolute Gasteiger partial charge is 0.120 e. The molecule has 80 valence electrons. The minimum Gasteiger partial charge on any atom is -0.303 e. The van der Waals surface area contributed by atoms with E-state index in [0.29, 0.717) is 17.8 Å². The lowest BCUT2D eigenvalue weighted by Crippen LogP contribution is -2.26. The maximum atomic E-state index is 10.3. The molecule has 2 atom stereocenters. The van der Waals surface area contributed by atoms with Gasteiger partial charge in [-0.1, -0.05) is 32.4 Å². The third-order valence-electron chi connectivity index (χ3n) is 4.05. The summed E-state index contributed by atoms with van der Waals surface area (Å²) in [5.74, 6) is 1.38. The fourth-order valence-electron chi connectivity index (χ4n) is 2.63. The van der Waals surface area contributed by atoms with Gasteiger partial charge in [-0.05, 0) is 37.0 Å². The molecule has 0 aromatic carbocycles. The molecule has 0 saturated carbocycles. The van der Waals surface area contributed by atoms with E-state index in [1.807, 2.05) is 0 Å². The molecule has 0 fully saturated rings. The number of allylic oxidation sites excluding steroid dienone is 2. The molecule has 1 rings (SSSR count). The Balaban J connectivity index is 2.58. The van der Waals surface area contributed by atoms with E-state index < -0.39 is 0 Å². The van der Waals surface area contributed by atoms with Crippen molar-refractivity contribution in [2.75, 3.05) is 0 Å². The summed E-state index contributed by atoms with van der Waals surface area (Å²) >= 11 is 0. The van der Waals surface area contributed by atoms with E-state index in [2.05, 4.69) is 33.8 Å². The summed E-state index contributed by atoms with van der Waals surface area (Å²) in [5.41, 5.74) is 1.85. The first-order chi connectivity index (χ1) is 6.50. The molecule has 1 aliphatic rings. The van der Waals surface area contributed by atoms with Gasteiger partial charge in [-0.15, -0.1) is 0 Å². The Labute approximate surface area is 87.6 Å². The Morgan fingerprint density at radius 3 is 2.71 bits per heavy atom. The molecule has 0 amide bonds. The van der Waals surface area contributed by atoms with Gasteiger partial charge in [-0.3, -0.25) is 0 Å². The Morgan fingerprint density at radius 2 is 2.29 bits per heavy atom. The Morgan fingerprint density at radius 1 is 1.64 bits per heavy atom. The van der Waals surface area contributed by atoms with Crippen LogP contribution in [0.2, 0.25) is 0 Å². The zero-order valence-electron chi connectivity index (χ0n) is 9.84. The normalized spacial score (nSPS) is 27.1. The molecular weight excluding hydrogens is 172 g/mol. The first-order valence-corrected chi connectivity index (χ1v) is 5.61. The molecule has 0 aliphatic heterocycles. The van der Waals surface area contributed by atoms with Crippen LogP contribution < -0.4 is 0 Å². The monoisotopic (exact) mass is 194 g/mol. The van der Waals surface area contributed by atoms with Gasteiger partial charge in [0, 0.05) is 6.42 Å². The van der Waals surface area contributed by atoms with Gasteiger partial charge in [0.15, 0.2) is 0 Å². The van der Waals surface area contributed by atoms with Crippen molar-refractivity contribution in [3.63, 3.8) is 0 Å². The van der Waals surface area contributed by atoms with Gasteiger partial charge >= 0.3 is 0 Å². The lowest BCUT2D eigenvalue weighted by atomic mass is 9.71. The Hall–Kier alpha value is -0.590. The SMILES string of the molecule is CC1=CC[C@H](C(C)CCC=O)C1(C)C. The fraction of sp³-hybridized carbons (Fsp3) is 0.769. The van der Waals surface area contributed by atoms with Crippen molar-refractivity contribution in [3.8, 4) is 0 Å². The Bertz CT molecular complexity index is 238. The Kier molecular flexibility index (Phi) is 3.52. The highest BCUT2D eigenvalue weighted by atomic mass is 16.1. The molecule has 0 heterocycles. The highest BCUT2D eigenvalue weighted by molar-refractivity contribution is 5.49. The third-order valence-corrected chi connectivity index (χ3v) is 4.05. The molecule has 1 nitrogen and oxygen atoms in total. The highest BCUT2D eigenvalue weighted by Crippen LogP contribution is 2.47. The van der Waals surface area contributed by atoms with Crippen molar-refractivity contribution in [3.05, 3.63) is 11.6 Å². The van der Waals surface area contributed by atoms with Gasteiger partial charge in [-0.25, -0.2) is 0 Å². The lowest BCUT2D eigenvalue weighted by molar-refractivity contribution is -0.108. The van der Waals surface area contributed by atoms with Crippen LogP contribution in [0.3, 0.4) is 0 Å². The van der Waals surface area contributed by atoms with E-state index in [1.165, 1.54) is 12.0 Å². The molecule has 0 aromatic heterocycles. The first kappa shape index (κ1) is 11.5. The topological polar surface area (TPSA) is 17.1 Å². The molecule has 14 heavy (non-hydrogen) atoms. The molecule has 0 radical (unpaired) electrons. The minimum absolute atomic E-state index is 0.336. The summed E-state index contributed by atoms with van der Waals surface area (Å²) in [4.78, 5) is 10.3. The van der Waals surface area contributed by atoms with Crippen LogP contribution in [0.4, 0.5) is 0 Å². The zero-order valence-corrected chi connectivity index (χ0v) is 9.84. The zero-order chi connectivity index (χ0) is 10.8. The number of hydrogen-bond donors (Lipinski definition) is 0. The number of hydrogen-bond acceptors (Lipinski definition) is 1. The van der Waals surface area contributed by atoms with Crippen molar-refractivity contribution in [1.29, 1.82) is 0 Å². The molecule has 1 heteroatoms. The summed E-state index contributed by atoms with van der Waals surface area (Å²) < 4.78 is 0. The lowest BCUT2D eigenvalue weighted by Gasteiger charge is -2.34. The molecule has 0 bridgehead atoms. The average molecular weight is 194 g/mol. The van der Waals surface area contributed by atoms with E-state index in [4.69, 9.17) is 0 Å². The average Bonchev–Trinajstić information content (AvgIpc) is 2.38. The van der Waals surface area contributed by atoms with E-state index >= 15 is 0 Å². The maximum Gasteiger partial charge on any atom is 0.120 e. The molecular formula is C13H22O. The molecule has 0 spiro atoms. The summed E-state index contributed by atoms with van der Waals surface area (Å²) in [5, 5.41) is 0. The summed E-state index contributed by atoms with van der Waals surface area (Å²) in [6.45, 7) is 9.16. The second kappa shape index (κ2) is 4.29. The van der Waals surface area contributed by atoms with Crippen molar-refractivity contribution >= 4 is 6.29 Å². The molecule has 1 unspecified atom stereocenters. The van der Waals surface area contributed by atoms with Crippen LogP contribution in [0.1, 0.15) is 47.0 Å². The van der Waals surface area contributed by atoms with Gasteiger partial charge in [0.05, 0.1) is 0 Å². The first-order valence-electron chi connectivity index (χ1n) is 5.61. The predicted octanol–water partition coefficient (Wildman–Crippen LogP) is 3.59. The molecule has 1 aliphatic carbocycles. The highest BCUT2D eigenvalue weighted by Gasteiger charge is 2.37. The number of rotatable bonds is 4. The quantitative estimate of drug-likeness (QED) is 0.493. The summed E-state index contributed by atoms with van der Waals surface area (Å²) in [7, 11) is 0. The van der Waals surface area contributed by atoms with Crippen molar-refractivity contribution < 1.29 is 4.79 Å². The van der Waals surface area contributed by atoms with E-state index in [1.54, 1.807) is 0 Å². The van der Waals surface area contributed by atoms with Gasteiger partial charge in [0.2, 0.25) is 0 Å². The molecule has 0 aromatic rings. The summed E-state index contributed by atoms with van der Waals surface area (Å²) in [6.07, 6.45) is 6.35. The maximum absolute atomic E-state index is 10.3. The molecule has 0 N–H and O–H groups in total. The van der Waals surface area contributed by atoms with Crippen molar-refractivity contribution in [1.82, 2.24) is 0 Å². The van der Waals surface area contributed by atoms with Crippen LogP contribution in [-0.4, -0.2) is 6.29 Å². The third kappa shape index (κ3) is 2.08. The van der Waals surface area contributed by atoms with E-state index in [0.717, 1.165) is 18.6 Å². The largest absolute Gasteiger partial charge is 0.303 e. The van der Waals surface area contributed by atoms with Crippen LogP contribution in [0.25, 0.3) is 0 Å².